The van der Waals surface area contributed by atoms with E-state index in [1.165, 1.54) is 25.7 Å². The number of carbonyl (C=O) groups excluding carboxylic acids is 2. The molecule has 154 valence electrons. The Labute approximate surface area is 168 Å². The molecular weight excluding hydrogens is 354 g/mol. The average molecular weight is 388 g/mol. The number of hydrogen-bond donors (Lipinski definition) is 0. The molecule has 5 nitrogen and oxygen atoms in total. The number of fused-ring (bicyclic) bond motifs is 1. The highest BCUT2D eigenvalue weighted by Crippen LogP contribution is 2.36. The predicted octanol–water partition coefficient (Wildman–Crippen LogP) is 3.85. The van der Waals surface area contributed by atoms with Gasteiger partial charge in [0.05, 0.1) is 19.6 Å². The zero-order valence-corrected chi connectivity index (χ0v) is 17.2. The standard InChI is InChI=1S/C23H33NO4/c1-3-12-28-23(26)20(13-17-8-10-21(27-2)11-9-17)14-22(25)24-15-18-6-4-5-7-19(18)16-24/h8-11,18-20H,3-7,12-16H2,1-2H3/t18-,19+,20?. The lowest BCUT2D eigenvalue weighted by Gasteiger charge is -2.22. The number of hydrogen-bond acceptors (Lipinski definition) is 4. The first-order chi connectivity index (χ1) is 13.6. The number of benzene rings is 1. The van der Waals surface area contributed by atoms with Crippen molar-refractivity contribution in [3.8, 4) is 5.75 Å². The molecule has 0 N–H and O–H groups in total. The molecule has 5 heteroatoms. The van der Waals surface area contributed by atoms with E-state index in [0.29, 0.717) is 24.9 Å². The molecule has 0 bridgehead atoms. The molecule has 0 aromatic heterocycles. The Bertz CT molecular complexity index is 643. The maximum atomic E-state index is 13.0. The van der Waals surface area contributed by atoms with Crippen LogP contribution in [0.4, 0.5) is 0 Å². The summed E-state index contributed by atoms with van der Waals surface area (Å²) in [7, 11) is 1.63. The van der Waals surface area contributed by atoms with Gasteiger partial charge in [-0.25, -0.2) is 0 Å². The zero-order chi connectivity index (χ0) is 19.9. The number of amides is 1. The summed E-state index contributed by atoms with van der Waals surface area (Å²) in [4.78, 5) is 27.6. The van der Waals surface area contributed by atoms with Gasteiger partial charge < -0.3 is 14.4 Å². The zero-order valence-electron chi connectivity index (χ0n) is 17.2. The Morgan fingerprint density at radius 2 is 1.75 bits per heavy atom. The van der Waals surface area contributed by atoms with Gasteiger partial charge >= 0.3 is 5.97 Å². The minimum Gasteiger partial charge on any atom is -0.497 e. The highest BCUT2D eigenvalue weighted by molar-refractivity contribution is 5.83. The molecule has 1 aliphatic carbocycles. The van der Waals surface area contributed by atoms with Gasteiger partial charge in [0, 0.05) is 19.5 Å². The van der Waals surface area contributed by atoms with Crippen molar-refractivity contribution in [2.75, 3.05) is 26.8 Å². The number of ether oxygens (including phenoxy) is 2. The number of rotatable bonds is 8. The lowest BCUT2D eigenvalue weighted by molar-refractivity contribution is -0.151. The third-order valence-corrected chi connectivity index (χ3v) is 6.17. The van der Waals surface area contributed by atoms with Gasteiger partial charge in [0.1, 0.15) is 5.75 Å². The number of carbonyl (C=O) groups is 2. The van der Waals surface area contributed by atoms with Crippen molar-refractivity contribution in [2.24, 2.45) is 17.8 Å². The molecule has 1 saturated carbocycles. The Morgan fingerprint density at radius 3 is 2.32 bits per heavy atom. The van der Waals surface area contributed by atoms with Crippen LogP contribution >= 0.6 is 0 Å². The lowest BCUT2D eigenvalue weighted by Crippen LogP contribution is -2.33. The summed E-state index contributed by atoms with van der Waals surface area (Å²) in [6, 6.07) is 7.68. The highest BCUT2D eigenvalue weighted by atomic mass is 16.5. The summed E-state index contributed by atoms with van der Waals surface area (Å²) in [6.45, 7) is 4.11. The number of likely N-dealkylation sites (tertiary alicyclic amines) is 1. The van der Waals surface area contributed by atoms with Crippen molar-refractivity contribution in [3.05, 3.63) is 29.8 Å². The Balaban J connectivity index is 1.63. The smallest absolute Gasteiger partial charge is 0.309 e. The molecule has 3 rings (SSSR count). The molecule has 1 aromatic carbocycles. The van der Waals surface area contributed by atoms with Crippen molar-refractivity contribution in [3.63, 3.8) is 0 Å². The molecular formula is C23H33NO4. The van der Waals surface area contributed by atoms with Crippen molar-refractivity contribution in [1.29, 1.82) is 0 Å². The highest BCUT2D eigenvalue weighted by Gasteiger charge is 2.37. The van der Waals surface area contributed by atoms with Crippen LogP contribution in [0.2, 0.25) is 0 Å². The summed E-state index contributed by atoms with van der Waals surface area (Å²) in [5.41, 5.74) is 1.02. The summed E-state index contributed by atoms with van der Waals surface area (Å²) < 4.78 is 10.6. The van der Waals surface area contributed by atoms with Crippen LogP contribution in [0.25, 0.3) is 0 Å². The van der Waals surface area contributed by atoms with E-state index in [9.17, 15) is 9.59 Å². The van der Waals surface area contributed by atoms with Gasteiger partial charge in [-0.1, -0.05) is 31.9 Å². The van der Waals surface area contributed by atoms with E-state index in [1.807, 2.05) is 36.1 Å². The van der Waals surface area contributed by atoms with E-state index in [0.717, 1.165) is 30.8 Å². The minimum atomic E-state index is -0.435. The topological polar surface area (TPSA) is 55.8 Å². The second-order valence-corrected chi connectivity index (χ2v) is 8.22. The van der Waals surface area contributed by atoms with Gasteiger partial charge in [0.15, 0.2) is 0 Å². The predicted molar refractivity (Wildman–Crippen MR) is 108 cm³/mol. The molecule has 1 aromatic rings. The molecule has 28 heavy (non-hydrogen) atoms. The van der Waals surface area contributed by atoms with E-state index in [1.54, 1.807) is 7.11 Å². The number of nitrogens with zero attached hydrogens (tertiary/aromatic N) is 1. The van der Waals surface area contributed by atoms with E-state index in [-0.39, 0.29) is 18.3 Å². The fraction of sp³-hybridized carbons (Fsp3) is 0.652. The normalized spacial score (nSPS) is 22.4. The second-order valence-electron chi connectivity index (χ2n) is 8.22. The minimum absolute atomic E-state index is 0.0985. The number of methoxy groups -OCH3 is 1. The molecule has 1 saturated heterocycles. The van der Waals surface area contributed by atoms with Crippen LogP contribution in [0.5, 0.6) is 5.75 Å². The van der Waals surface area contributed by atoms with E-state index >= 15 is 0 Å². The maximum absolute atomic E-state index is 13.0. The van der Waals surface area contributed by atoms with Crippen LogP contribution < -0.4 is 4.74 Å². The number of esters is 1. The van der Waals surface area contributed by atoms with Crippen molar-refractivity contribution in [2.45, 2.75) is 51.9 Å². The van der Waals surface area contributed by atoms with Gasteiger partial charge in [-0.15, -0.1) is 0 Å². The summed E-state index contributed by atoms with van der Waals surface area (Å²) in [5, 5.41) is 0. The van der Waals surface area contributed by atoms with Crippen molar-refractivity contribution in [1.82, 2.24) is 4.90 Å². The molecule has 1 unspecified atom stereocenters. The molecule has 1 heterocycles. The summed E-state index contributed by atoms with van der Waals surface area (Å²) in [6.07, 6.45) is 6.57. The van der Waals surface area contributed by atoms with Gasteiger partial charge in [-0.3, -0.25) is 9.59 Å². The Kier molecular flexibility index (Phi) is 7.35. The molecule has 2 fully saturated rings. The van der Waals surface area contributed by atoms with Crippen LogP contribution in [0.3, 0.4) is 0 Å². The van der Waals surface area contributed by atoms with Gasteiger partial charge in [-0.2, -0.15) is 0 Å². The average Bonchev–Trinajstić information content (AvgIpc) is 3.16. The van der Waals surface area contributed by atoms with Crippen molar-refractivity contribution >= 4 is 11.9 Å². The first kappa shape index (κ1) is 20.7. The molecule has 0 radical (unpaired) electrons. The Morgan fingerprint density at radius 1 is 1.11 bits per heavy atom. The fourth-order valence-electron chi connectivity index (χ4n) is 4.55. The van der Waals surface area contributed by atoms with E-state index < -0.39 is 5.92 Å². The Hall–Kier alpha value is -2.04. The van der Waals surface area contributed by atoms with Crippen LogP contribution in [0.1, 0.15) is 51.0 Å². The third-order valence-electron chi connectivity index (χ3n) is 6.17. The first-order valence-corrected chi connectivity index (χ1v) is 10.7. The van der Waals surface area contributed by atoms with E-state index in [2.05, 4.69) is 0 Å². The molecule has 2 aliphatic rings. The van der Waals surface area contributed by atoms with Gasteiger partial charge in [-0.05, 0) is 55.2 Å². The molecule has 0 spiro atoms. The largest absolute Gasteiger partial charge is 0.497 e. The maximum Gasteiger partial charge on any atom is 0.309 e. The monoisotopic (exact) mass is 387 g/mol. The van der Waals surface area contributed by atoms with Crippen LogP contribution in [-0.2, 0) is 20.7 Å². The fourth-order valence-corrected chi connectivity index (χ4v) is 4.55. The van der Waals surface area contributed by atoms with Crippen LogP contribution in [0.15, 0.2) is 24.3 Å². The van der Waals surface area contributed by atoms with Crippen molar-refractivity contribution < 1.29 is 19.1 Å². The first-order valence-electron chi connectivity index (χ1n) is 10.7. The lowest BCUT2D eigenvalue weighted by atomic mass is 9.82. The van der Waals surface area contributed by atoms with Gasteiger partial charge in [0.2, 0.25) is 5.91 Å². The SMILES string of the molecule is CCCOC(=O)C(CC(=O)N1C[C@H]2CCCC[C@H]2C1)Cc1ccc(OC)cc1. The molecule has 3 atom stereocenters. The van der Waals surface area contributed by atoms with E-state index in [4.69, 9.17) is 9.47 Å². The molecule has 1 amide bonds. The third kappa shape index (κ3) is 5.27. The summed E-state index contributed by atoms with van der Waals surface area (Å²) in [5.74, 6) is 1.50. The van der Waals surface area contributed by atoms with Crippen LogP contribution in [-0.4, -0.2) is 43.6 Å². The molecule has 1 aliphatic heterocycles. The second kappa shape index (κ2) is 9.94. The summed E-state index contributed by atoms with van der Waals surface area (Å²) >= 11 is 0. The van der Waals surface area contributed by atoms with Gasteiger partial charge in [0.25, 0.3) is 0 Å². The van der Waals surface area contributed by atoms with Crippen LogP contribution in [0, 0.1) is 17.8 Å². The quantitative estimate of drug-likeness (QED) is 0.636.